The minimum absolute atomic E-state index is 0.150. The highest BCUT2D eigenvalue weighted by Gasteiger charge is 2.59. The summed E-state index contributed by atoms with van der Waals surface area (Å²) >= 11 is 4.39. The largest absolute Gasteiger partial charge is 0.501 e. The molecule has 82 valence electrons. The van der Waals surface area contributed by atoms with Crippen LogP contribution in [-0.4, -0.2) is 23.7 Å². The third kappa shape index (κ3) is 3.17. The molecular formula is C7H7ClF4O2. The number of carbonyl (C=O) groups excluding carboxylic acids is 1. The summed E-state index contributed by atoms with van der Waals surface area (Å²) in [6.45, 7) is 1.69. The average Bonchev–Trinajstić information content (AvgIpc) is 2.02. The van der Waals surface area contributed by atoms with E-state index < -0.39 is 17.1 Å². The van der Waals surface area contributed by atoms with Crippen LogP contribution < -0.4 is 0 Å². The van der Waals surface area contributed by atoms with Crippen molar-refractivity contribution in [3.8, 4) is 0 Å². The SMILES string of the molecule is CCOC=CC(=O)C(F)(Cl)C(F)(F)F. The molecule has 0 saturated heterocycles. The summed E-state index contributed by atoms with van der Waals surface area (Å²) in [6.07, 6.45) is -4.49. The molecule has 0 aromatic carbocycles. The van der Waals surface area contributed by atoms with Gasteiger partial charge in [0.05, 0.1) is 12.9 Å². The van der Waals surface area contributed by atoms with Crippen LogP contribution in [-0.2, 0) is 9.53 Å². The molecule has 0 aromatic heterocycles. The van der Waals surface area contributed by atoms with Crippen LogP contribution in [0.15, 0.2) is 12.3 Å². The van der Waals surface area contributed by atoms with Gasteiger partial charge in [-0.3, -0.25) is 4.79 Å². The number of ketones is 1. The molecule has 7 heteroatoms. The lowest BCUT2D eigenvalue weighted by atomic mass is 10.2. The van der Waals surface area contributed by atoms with E-state index in [0.29, 0.717) is 12.3 Å². The second kappa shape index (κ2) is 4.63. The Hall–Kier alpha value is -0.780. The molecule has 1 unspecified atom stereocenters. The molecule has 0 bridgehead atoms. The normalized spacial score (nSPS) is 16.7. The molecule has 14 heavy (non-hydrogen) atoms. The molecule has 0 spiro atoms. The number of carbonyl (C=O) groups is 1. The van der Waals surface area contributed by atoms with E-state index in [0.717, 1.165) is 0 Å². The maximum absolute atomic E-state index is 12.6. The Morgan fingerprint density at radius 1 is 1.43 bits per heavy atom. The summed E-state index contributed by atoms with van der Waals surface area (Å²) in [7, 11) is 0. The number of rotatable bonds is 4. The van der Waals surface area contributed by atoms with Crippen LogP contribution in [0, 0.1) is 0 Å². The van der Waals surface area contributed by atoms with Crippen LogP contribution in [0.3, 0.4) is 0 Å². The summed E-state index contributed by atoms with van der Waals surface area (Å²) in [6, 6.07) is 0. The van der Waals surface area contributed by atoms with Gasteiger partial charge in [0.15, 0.2) is 0 Å². The fourth-order valence-electron chi connectivity index (χ4n) is 0.450. The van der Waals surface area contributed by atoms with Crippen LogP contribution in [0.1, 0.15) is 6.92 Å². The first-order valence-electron chi connectivity index (χ1n) is 3.50. The number of hydrogen-bond acceptors (Lipinski definition) is 2. The molecule has 1 atom stereocenters. The molecule has 0 amide bonds. The third-order valence-corrected chi connectivity index (χ3v) is 1.55. The summed E-state index contributed by atoms with van der Waals surface area (Å²) in [5.74, 6) is -1.92. The molecule has 0 fully saturated rings. The van der Waals surface area contributed by atoms with Crippen molar-refractivity contribution in [3.63, 3.8) is 0 Å². The van der Waals surface area contributed by atoms with Crippen LogP contribution in [0.4, 0.5) is 17.6 Å². The van der Waals surface area contributed by atoms with Crippen LogP contribution in [0.25, 0.3) is 0 Å². The first-order valence-corrected chi connectivity index (χ1v) is 3.88. The van der Waals surface area contributed by atoms with Crippen LogP contribution in [0.5, 0.6) is 0 Å². The maximum Gasteiger partial charge on any atom is 0.444 e. The molecule has 0 rings (SSSR count). The van der Waals surface area contributed by atoms with E-state index in [-0.39, 0.29) is 6.61 Å². The van der Waals surface area contributed by atoms with Gasteiger partial charge in [-0.05, 0) is 6.92 Å². The number of halogens is 5. The number of alkyl halides is 5. The minimum atomic E-state index is -5.44. The fraction of sp³-hybridized carbons (Fsp3) is 0.571. The zero-order valence-electron chi connectivity index (χ0n) is 7.07. The van der Waals surface area contributed by atoms with Crippen LogP contribution >= 0.6 is 11.6 Å². The van der Waals surface area contributed by atoms with Crippen molar-refractivity contribution >= 4 is 17.4 Å². The van der Waals surface area contributed by atoms with Gasteiger partial charge in [0.2, 0.25) is 5.78 Å². The molecular weight excluding hydrogens is 228 g/mol. The van der Waals surface area contributed by atoms with E-state index in [4.69, 9.17) is 0 Å². The van der Waals surface area contributed by atoms with Crippen LogP contribution in [0.2, 0.25) is 0 Å². The number of hydrogen-bond donors (Lipinski definition) is 0. The van der Waals surface area contributed by atoms with E-state index >= 15 is 0 Å². The zero-order chi connectivity index (χ0) is 11.4. The van der Waals surface area contributed by atoms with Gasteiger partial charge >= 0.3 is 11.3 Å². The predicted molar refractivity (Wildman–Crippen MR) is 41.5 cm³/mol. The quantitative estimate of drug-likeness (QED) is 0.323. The van der Waals surface area contributed by atoms with Crippen molar-refractivity contribution in [1.82, 2.24) is 0 Å². The molecule has 0 aliphatic rings. The van der Waals surface area contributed by atoms with Crippen molar-refractivity contribution in [2.24, 2.45) is 0 Å². The van der Waals surface area contributed by atoms with Crippen molar-refractivity contribution in [1.29, 1.82) is 0 Å². The van der Waals surface area contributed by atoms with Crippen molar-refractivity contribution in [3.05, 3.63) is 12.3 Å². The molecule has 0 radical (unpaired) electrons. The summed E-state index contributed by atoms with van der Waals surface area (Å²) < 4.78 is 52.4. The van der Waals surface area contributed by atoms with Gasteiger partial charge in [0.1, 0.15) is 0 Å². The lowest BCUT2D eigenvalue weighted by molar-refractivity contribution is -0.196. The number of ether oxygens (including phenoxy) is 1. The first kappa shape index (κ1) is 13.2. The Morgan fingerprint density at radius 2 is 1.93 bits per heavy atom. The molecule has 2 nitrogen and oxygen atoms in total. The smallest absolute Gasteiger partial charge is 0.444 e. The summed E-state index contributed by atoms with van der Waals surface area (Å²) in [5, 5.41) is -4.39. The summed E-state index contributed by atoms with van der Waals surface area (Å²) in [5.41, 5.74) is 0. The van der Waals surface area contributed by atoms with Gasteiger partial charge in [-0.15, -0.1) is 0 Å². The maximum atomic E-state index is 12.6. The second-order valence-electron chi connectivity index (χ2n) is 2.19. The van der Waals surface area contributed by atoms with Gasteiger partial charge in [-0.1, -0.05) is 11.6 Å². The van der Waals surface area contributed by atoms with E-state index in [2.05, 4.69) is 16.3 Å². The Bertz CT molecular complexity index is 234. The zero-order valence-corrected chi connectivity index (χ0v) is 7.82. The third-order valence-electron chi connectivity index (χ3n) is 1.15. The highest BCUT2D eigenvalue weighted by Crippen LogP contribution is 2.38. The molecule has 0 aromatic rings. The monoisotopic (exact) mass is 234 g/mol. The Morgan fingerprint density at radius 3 is 2.29 bits per heavy atom. The van der Waals surface area contributed by atoms with Crippen molar-refractivity contribution < 1.29 is 27.1 Å². The highest BCUT2D eigenvalue weighted by molar-refractivity contribution is 6.36. The van der Waals surface area contributed by atoms with Gasteiger partial charge in [-0.25, -0.2) is 4.39 Å². The van der Waals surface area contributed by atoms with Gasteiger partial charge in [-0.2, -0.15) is 13.2 Å². The van der Waals surface area contributed by atoms with E-state index in [1.807, 2.05) is 0 Å². The summed E-state index contributed by atoms with van der Waals surface area (Å²) in [4.78, 5) is 10.6. The average molecular weight is 235 g/mol. The standard InChI is InChI=1S/C7H7ClF4O2/c1-2-14-4-3-5(13)6(8,9)7(10,11)12/h3-4H,2H2,1H3. The molecule has 0 heterocycles. The highest BCUT2D eigenvalue weighted by atomic mass is 35.5. The van der Waals surface area contributed by atoms with Crippen molar-refractivity contribution in [2.45, 2.75) is 18.2 Å². The molecule has 0 aliphatic heterocycles. The molecule has 0 aliphatic carbocycles. The lowest BCUT2D eigenvalue weighted by Gasteiger charge is -2.17. The first-order chi connectivity index (χ1) is 6.23. The van der Waals surface area contributed by atoms with Gasteiger partial charge in [0.25, 0.3) is 0 Å². The van der Waals surface area contributed by atoms with Crippen molar-refractivity contribution in [2.75, 3.05) is 6.61 Å². The fourth-order valence-corrected chi connectivity index (χ4v) is 0.513. The topological polar surface area (TPSA) is 26.3 Å². The molecule has 0 N–H and O–H groups in total. The molecule has 0 saturated carbocycles. The predicted octanol–water partition coefficient (Wildman–Crippen LogP) is 2.57. The van der Waals surface area contributed by atoms with Gasteiger partial charge in [0, 0.05) is 6.08 Å². The lowest BCUT2D eigenvalue weighted by Crippen LogP contribution is -2.42. The van der Waals surface area contributed by atoms with Gasteiger partial charge < -0.3 is 4.74 Å². The van der Waals surface area contributed by atoms with E-state index in [1.54, 1.807) is 6.92 Å². The minimum Gasteiger partial charge on any atom is -0.501 e. The van der Waals surface area contributed by atoms with E-state index in [9.17, 15) is 22.4 Å². The Balaban J connectivity index is 4.52. The van der Waals surface area contributed by atoms with E-state index in [1.165, 1.54) is 0 Å². The second-order valence-corrected chi connectivity index (χ2v) is 2.72. The number of allylic oxidation sites excluding steroid dienone is 1. The Labute approximate surface area is 82.5 Å². The Kier molecular flexibility index (Phi) is 4.38.